The first-order valence-corrected chi connectivity index (χ1v) is 6.26. The summed E-state index contributed by atoms with van der Waals surface area (Å²) in [6.45, 7) is 3.72. The number of anilines is 2. The molecular weight excluding hydrogens is 230 g/mol. The molecule has 18 heavy (non-hydrogen) atoms. The molecule has 1 amide bonds. The van der Waals surface area contributed by atoms with Crippen molar-refractivity contribution in [1.29, 1.82) is 0 Å². The molecule has 0 radical (unpaired) electrons. The summed E-state index contributed by atoms with van der Waals surface area (Å²) in [6, 6.07) is 3.70. The fourth-order valence-electron chi connectivity index (χ4n) is 2.02. The monoisotopic (exact) mass is 249 g/mol. The van der Waals surface area contributed by atoms with Gasteiger partial charge < -0.3 is 15.0 Å². The molecule has 0 bridgehead atoms. The zero-order valence-electron chi connectivity index (χ0n) is 10.8. The van der Waals surface area contributed by atoms with E-state index in [1.807, 2.05) is 12.1 Å². The Bertz CT molecular complexity index is 416. The van der Waals surface area contributed by atoms with Gasteiger partial charge in [-0.05, 0) is 31.9 Å². The minimum Gasteiger partial charge on any atom is -0.372 e. The number of methoxy groups -OCH3 is 1. The van der Waals surface area contributed by atoms with Gasteiger partial charge in [-0.15, -0.1) is 0 Å². The highest BCUT2D eigenvalue weighted by atomic mass is 16.5. The van der Waals surface area contributed by atoms with Crippen molar-refractivity contribution in [2.75, 3.05) is 30.4 Å². The van der Waals surface area contributed by atoms with Gasteiger partial charge >= 0.3 is 0 Å². The zero-order valence-corrected chi connectivity index (χ0v) is 10.8. The Kier molecular flexibility index (Phi) is 4.15. The van der Waals surface area contributed by atoms with Crippen molar-refractivity contribution in [3.05, 3.63) is 18.3 Å². The van der Waals surface area contributed by atoms with Gasteiger partial charge in [-0.1, -0.05) is 0 Å². The fourth-order valence-corrected chi connectivity index (χ4v) is 2.02. The third-order valence-electron chi connectivity index (χ3n) is 3.17. The Balaban J connectivity index is 2.14. The summed E-state index contributed by atoms with van der Waals surface area (Å²) >= 11 is 0. The topological polar surface area (TPSA) is 54.5 Å². The predicted octanol–water partition coefficient (Wildman–Crippen LogP) is 1.66. The Morgan fingerprint density at radius 2 is 2.22 bits per heavy atom. The molecule has 1 aromatic heterocycles. The quantitative estimate of drug-likeness (QED) is 0.881. The van der Waals surface area contributed by atoms with Gasteiger partial charge in [0, 0.05) is 26.4 Å². The highest BCUT2D eigenvalue weighted by Crippen LogP contribution is 2.26. The number of carbonyl (C=O) groups excluding carboxylic acids is 1. The minimum absolute atomic E-state index is 0.147. The SMILES string of the molecule is COC(C)C(=O)Nc1cccnc1N1CCCC1. The van der Waals surface area contributed by atoms with Crippen molar-refractivity contribution in [3.8, 4) is 0 Å². The second-order valence-electron chi connectivity index (χ2n) is 4.44. The van der Waals surface area contributed by atoms with Gasteiger partial charge in [-0.25, -0.2) is 4.98 Å². The van der Waals surface area contributed by atoms with Gasteiger partial charge in [-0.2, -0.15) is 0 Å². The Hall–Kier alpha value is -1.62. The maximum Gasteiger partial charge on any atom is 0.253 e. The van der Waals surface area contributed by atoms with Gasteiger partial charge in [0.15, 0.2) is 5.82 Å². The van der Waals surface area contributed by atoms with E-state index in [-0.39, 0.29) is 5.91 Å². The molecular formula is C13H19N3O2. The number of hydrogen-bond acceptors (Lipinski definition) is 4. The minimum atomic E-state index is -0.461. The molecule has 1 aromatic rings. The smallest absolute Gasteiger partial charge is 0.253 e. The highest BCUT2D eigenvalue weighted by molar-refractivity contribution is 5.96. The molecule has 2 rings (SSSR count). The van der Waals surface area contributed by atoms with E-state index >= 15 is 0 Å². The van der Waals surface area contributed by atoms with Crippen molar-refractivity contribution < 1.29 is 9.53 Å². The summed E-state index contributed by atoms with van der Waals surface area (Å²) in [5.41, 5.74) is 0.758. The van der Waals surface area contributed by atoms with Gasteiger partial charge in [0.1, 0.15) is 6.10 Å². The summed E-state index contributed by atoms with van der Waals surface area (Å²) < 4.78 is 5.00. The van der Waals surface area contributed by atoms with Crippen molar-refractivity contribution in [2.45, 2.75) is 25.9 Å². The van der Waals surface area contributed by atoms with Crippen molar-refractivity contribution in [2.24, 2.45) is 0 Å². The lowest BCUT2D eigenvalue weighted by Gasteiger charge is -2.20. The van der Waals surface area contributed by atoms with Gasteiger partial charge in [0.05, 0.1) is 5.69 Å². The van der Waals surface area contributed by atoms with E-state index in [1.54, 1.807) is 13.1 Å². The number of nitrogens with zero attached hydrogens (tertiary/aromatic N) is 2. The summed E-state index contributed by atoms with van der Waals surface area (Å²) in [5.74, 6) is 0.706. The molecule has 2 heterocycles. The average molecular weight is 249 g/mol. The van der Waals surface area contributed by atoms with Crippen LogP contribution in [0, 0.1) is 0 Å². The van der Waals surface area contributed by atoms with Crippen LogP contribution in [0.25, 0.3) is 0 Å². The van der Waals surface area contributed by atoms with Crippen LogP contribution in [-0.4, -0.2) is 37.2 Å². The fraction of sp³-hybridized carbons (Fsp3) is 0.538. The normalized spacial score (nSPS) is 16.7. The van der Waals surface area contributed by atoms with Crippen LogP contribution in [0.15, 0.2) is 18.3 Å². The van der Waals surface area contributed by atoms with Crippen LogP contribution in [0.4, 0.5) is 11.5 Å². The Labute approximate surface area is 107 Å². The van der Waals surface area contributed by atoms with Crippen LogP contribution in [0.3, 0.4) is 0 Å². The molecule has 0 spiro atoms. The summed E-state index contributed by atoms with van der Waals surface area (Å²) in [6.07, 6.45) is 3.65. The lowest BCUT2D eigenvalue weighted by atomic mass is 10.3. The molecule has 1 saturated heterocycles. The molecule has 5 nitrogen and oxygen atoms in total. The van der Waals surface area contributed by atoms with Crippen LogP contribution in [0.2, 0.25) is 0 Å². The van der Waals surface area contributed by atoms with Crippen molar-refractivity contribution in [1.82, 2.24) is 4.98 Å². The number of ether oxygens (including phenoxy) is 1. The van der Waals surface area contributed by atoms with Gasteiger partial charge in [0.2, 0.25) is 0 Å². The van der Waals surface area contributed by atoms with E-state index in [2.05, 4.69) is 15.2 Å². The number of rotatable bonds is 4. The third kappa shape index (κ3) is 2.79. The second kappa shape index (κ2) is 5.82. The standard InChI is InChI=1S/C13H19N3O2/c1-10(18-2)13(17)15-11-6-5-7-14-12(11)16-8-3-4-9-16/h5-7,10H,3-4,8-9H2,1-2H3,(H,15,17). The first-order chi connectivity index (χ1) is 8.72. The molecule has 1 fully saturated rings. The lowest BCUT2D eigenvalue weighted by molar-refractivity contribution is -0.124. The summed E-state index contributed by atoms with van der Waals surface area (Å²) in [7, 11) is 1.52. The number of pyridine rings is 1. The summed E-state index contributed by atoms with van der Waals surface area (Å²) in [5, 5.41) is 2.87. The highest BCUT2D eigenvalue weighted by Gasteiger charge is 2.19. The molecule has 1 aliphatic heterocycles. The molecule has 1 unspecified atom stereocenters. The lowest BCUT2D eigenvalue weighted by Crippen LogP contribution is -2.28. The van der Waals surface area contributed by atoms with Crippen molar-refractivity contribution >= 4 is 17.4 Å². The van der Waals surface area contributed by atoms with E-state index in [0.29, 0.717) is 0 Å². The molecule has 1 N–H and O–H groups in total. The summed E-state index contributed by atoms with van der Waals surface area (Å²) in [4.78, 5) is 18.4. The number of amides is 1. The van der Waals surface area contributed by atoms with Gasteiger partial charge in [0.25, 0.3) is 5.91 Å². The molecule has 0 saturated carbocycles. The largest absolute Gasteiger partial charge is 0.372 e. The van der Waals surface area contributed by atoms with E-state index in [0.717, 1.165) is 24.6 Å². The van der Waals surface area contributed by atoms with Gasteiger partial charge in [-0.3, -0.25) is 4.79 Å². The van der Waals surface area contributed by atoms with Crippen LogP contribution >= 0.6 is 0 Å². The van der Waals surface area contributed by atoms with Crippen LogP contribution < -0.4 is 10.2 Å². The maximum atomic E-state index is 11.8. The second-order valence-corrected chi connectivity index (χ2v) is 4.44. The van der Waals surface area contributed by atoms with E-state index in [4.69, 9.17) is 4.74 Å². The molecule has 1 atom stereocenters. The maximum absolute atomic E-state index is 11.8. The van der Waals surface area contributed by atoms with E-state index < -0.39 is 6.10 Å². The number of aromatic nitrogens is 1. The Morgan fingerprint density at radius 1 is 1.50 bits per heavy atom. The number of carbonyl (C=O) groups is 1. The molecule has 0 aliphatic carbocycles. The van der Waals surface area contributed by atoms with Crippen LogP contribution in [-0.2, 0) is 9.53 Å². The first kappa shape index (κ1) is 12.8. The van der Waals surface area contributed by atoms with E-state index in [9.17, 15) is 4.79 Å². The Morgan fingerprint density at radius 3 is 2.89 bits per heavy atom. The van der Waals surface area contributed by atoms with Crippen LogP contribution in [0.1, 0.15) is 19.8 Å². The van der Waals surface area contributed by atoms with E-state index in [1.165, 1.54) is 20.0 Å². The van der Waals surface area contributed by atoms with Crippen molar-refractivity contribution in [3.63, 3.8) is 0 Å². The molecule has 5 heteroatoms. The molecule has 1 aliphatic rings. The number of hydrogen-bond donors (Lipinski definition) is 1. The third-order valence-corrected chi connectivity index (χ3v) is 3.17. The first-order valence-electron chi connectivity index (χ1n) is 6.26. The van der Waals surface area contributed by atoms with Crippen LogP contribution in [0.5, 0.6) is 0 Å². The zero-order chi connectivity index (χ0) is 13.0. The molecule has 0 aromatic carbocycles. The average Bonchev–Trinajstić information content (AvgIpc) is 2.92. The molecule has 98 valence electrons. The number of nitrogens with one attached hydrogen (secondary N) is 1. The predicted molar refractivity (Wildman–Crippen MR) is 70.8 cm³/mol.